The van der Waals surface area contributed by atoms with E-state index < -0.39 is 0 Å². The van der Waals surface area contributed by atoms with Crippen molar-refractivity contribution in [3.63, 3.8) is 0 Å². The fourth-order valence-corrected chi connectivity index (χ4v) is 1.26. The van der Waals surface area contributed by atoms with Gasteiger partial charge in [-0.3, -0.25) is 0 Å². The number of hydrogen-bond donors (Lipinski definition) is 1. The van der Waals surface area contributed by atoms with Gasteiger partial charge in [0.25, 0.3) is 0 Å². The van der Waals surface area contributed by atoms with E-state index in [1.54, 1.807) is 12.1 Å². The summed E-state index contributed by atoms with van der Waals surface area (Å²) >= 11 is 0. The van der Waals surface area contributed by atoms with Gasteiger partial charge in [0.15, 0.2) is 5.82 Å². The number of nitrogens with zero attached hydrogens (tertiary/aromatic N) is 5. The molecule has 2 aromatic heterocycles. The van der Waals surface area contributed by atoms with Crippen molar-refractivity contribution >= 4 is 5.95 Å². The molecule has 2 N–H and O–H groups in total. The third-order valence-corrected chi connectivity index (χ3v) is 2.09. The summed E-state index contributed by atoms with van der Waals surface area (Å²) in [5.74, 6) is 1.67. The van der Waals surface area contributed by atoms with Gasteiger partial charge in [0.05, 0.1) is 7.11 Å². The van der Waals surface area contributed by atoms with Crippen LogP contribution in [-0.4, -0.2) is 32.3 Å². The summed E-state index contributed by atoms with van der Waals surface area (Å²) in [6, 6.07) is 3.41. The van der Waals surface area contributed by atoms with Gasteiger partial charge in [-0.2, -0.15) is 9.97 Å². The number of anilines is 1. The number of aryl methyl sites for hydroxylation is 1. The Balaban J connectivity index is 2.41. The van der Waals surface area contributed by atoms with Crippen molar-refractivity contribution < 1.29 is 4.74 Å². The second-order valence-corrected chi connectivity index (χ2v) is 3.25. The quantitative estimate of drug-likeness (QED) is 0.821. The Morgan fingerprint density at radius 1 is 1.18 bits per heavy atom. The van der Waals surface area contributed by atoms with Gasteiger partial charge in [-0.25, -0.2) is 4.98 Å². The minimum absolute atomic E-state index is 0.185. The number of hydrogen-bond acceptors (Lipinski definition) is 7. The molecule has 2 rings (SSSR count). The first-order valence-electron chi connectivity index (χ1n) is 5.11. The number of rotatable bonds is 3. The van der Waals surface area contributed by atoms with Crippen LogP contribution < -0.4 is 10.5 Å². The Labute approximate surface area is 98.1 Å². The van der Waals surface area contributed by atoms with Crippen LogP contribution in [0.25, 0.3) is 11.5 Å². The molecule has 0 amide bonds. The minimum Gasteiger partial charge on any atom is -0.480 e. The molecule has 0 atom stereocenters. The molecule has 0 fully saturated rings. The summed E-state index contributed by atoms with van der Waals surface area (Å²) in [7, 11) is 1.53. The van der Waals surface area contributed by atoms with Crippen LogP contribution in [0.4, 0.5) is 5.95 Å². The zero-order chi connectivity index (χ0) is 12.3. The molecular formula is C10H12N6O. The number of aromatic nitrogens is 5. The topological polar surface area (TPSA) is 99.7 Å². The van der Waals surface area contributed by atoms with E-state index in [0.717, 1.165) is 0 Å². The molecule has 0 aliphatic heterocycles. The molecule has 2 aromatic rings. The number of nitrogens with two attached hydrogens (primary N) is 1. The van der Waals surface area contributed by atoms with Crippen molar-refractivity contribution in [3.8, 4) is 17.4 Å². The molecule has 0 saturated heterocycles. The summed E-state index contributed by atoms with van der Waals surface area (Å²) in [5.41, 5.74) is 6.13. The van der Waals surface area contributed by atoms with Crippen LogP contribution in [0.2, 0.25) is 0 Å². The van der Waals surface area contributed by atoms with Gasteiger partial charge in [0.1, 0.15) is 11.5 Å². The summed E-state index contributed by atoms with van der Waals surface area (Å²) in [6.45, 7) is 1.94. The van der Waals surface area contributed by atoms with E-state index in [4.69, 9.17) is 10.5 Å². The highest BCUT2D eigenvalue weighted by atomic mass is 16.5. The molecule has 0 radical (unpaired) electrons. The highest BCUT2D eigenvalue weighted by Crippen LogP contribution is 2.14. The van der Waals surface area contributed by atoms with Crippen LogP contribution >= 0.6 is 0 Å². The Bertz CT molecular complexity index is 513. The SMILES string of the molecule is CCc1nc(N)nc(-c2ccc(OC)nn2)n1. The smallest absolute Gasteiger partial charge is 0.233 e. The van der Waals surface area contributed by atoms with Crippen molar-refractivity contribution in [2.45, 2.75) is 13.3 Å². The highest BCUT2D eigenvalue weighted by molar-refractivity contribution is 5.49. The normalized spacial score (nSPS) is 10.2. The summed E-state index contributed by atoms with van der Waals surface area (Å²) in [4.78, 5) is 12.2. The van der Waals surface area contributed by atoms with Gasteiger partial charge in [-0.15, -0.1) is 10.2 Å². The van der Waals surface area contributed by atoms with Crippen molar-refractivity contribution in [2.24, 2.45) is 0 Å². The van der Waals surface area contributed by atoms with Gasteiger partial charge in [-0.1, -0.05) is 6.92 Å². The molecule has 0 saturated carbocycles. The van der Waals surface area contributed by atoms with Crippen LogP contribution in [0.3, 0.4) is 0 Å². The predicted octanol–water partition coefficient (Wildman–Crippen LogP) is 0.482. The summed E-state index contributed by atoms with van der Waals surface area (Å²) in [6.07, 6.45) is 0.684. The number of nitrogen functional groups attached to an aromatic ring is 1. The molecule has 0 unspecified atom stereocenters. The van der Waals surface area contributed by atoms with Crippen molar-refractivity contribution in [2.75, 3.05) is 12.8 Å². The molecule has 17 heavy (non-hydrogen) atoms. The summed E-state index contributed by atoms with van der Waals surface area (Å²) < 4.78 is 4.92. The molecule has 2 heterocycles. The number of ether oxygens (including phenoxy) is 1. The Kier molecular flexibility index (Phi) is 3.08. The highest BCUT2D eigenvalue weighted by Gasteiger charge is 2.08. The van der Waals surface area contributed by atoms with E-state index in [-0.39, 0.29) is 5.95 Å². The maximum Gasteiger partial charge on any atom is 0.233 e. The van der Waals surface area contributed by atoms with Gasteiger partial charge in [-0.05, 0) is 6.07 Å². The van der Waals surface area contributed by atoms with E-state index in [1.807, 2.05) is 6.92 Å². The molecule has 0 aromatic carbocycles. The molecule has 88 valence electrons. The third-order valence-electron chi connectivity index (χ3n) is 2.09. The third kappa shape index (κ3) is 2.44. The van der Waals surface area contributed by atoms with E-state index in [0.29, 0.717) is 29.6 Å². The Morgan fingerprint density at radius 2 is 2.00 bits per heavy atom. The predicted molar refractivity (Wildman–Crippen MR) is 61.2 cm³/mol. The minimum atomic E-state index is 0.185. The van der Waals surface area contributed by atoms with Gasteiger partial charge >= 0.3 is 0 Å². The largest absolute Gasteiger partial charge is 0.480 e. The van der Waals surface area contributed by atoms with Gasteiger partial charge in [0, 0.05) is 12.5 Å². The van der Waals surface area contributed by atoms with Crippen LogP contribution in [0.5, 0.6) is 5.88 Å². The lowest BCUT2D eigenvalue weighted by molar-refractivity contribution is 0.392. The molecule has 0 bridgehead atoms. The maximum atomic E-state index is 5.59. The standard InChI is InChI=1S/C10H12N6O/c1-3-7-12-9(14-10(11)13-7)6-4-5-8(17-2)16-15-6/h4-5H,3H2,1-2H3,(H2,11,12,13,14). The first-order valence-corrected chi connectivity index (χ1v) is 5.11. The van der Waals surface area contributed by atoms with E-state index in [9.17, 15) is 0 Å². The molecule has 0 aliphatic rings. The zero-order valence-corrected chi connectivity index (χ0v) is 9.58. The van der Waals surface area contributed by atoms with E-state index in [1.165, 1.54) is 7.11 Å². The van der Waals surface area contributed by atoms with E-state index in [2.05, 4.69) is 25.1 Å². The fraction of sp³-hybridized carbons (Fsp3) is 0.300. The van der Waals surface area contributed by atoms with Crippen LogP contribution in [0.15, 0.2) is 12.1 Å². The molecule has 7 nitrogen and oxygen atoms in total. The average Bonchev–Trinajstić information content (AvgIpc) is 2.38. The van der Waals surface area contributed by atoms with Crippen LogP contribution in [0, 0.1) is 0 Å². The average molecular weight is 232 g/mol. The van der Waals surface area contributed by atoms with Crippen LogP contribution in [0.1, 0.15) is 12.7 Å². The molecule has 0 aliphatic carbocycles. The van der Waals surface area contributed by atoms with Gasteiger partial charge < -0.3 is 10.5 Å². The first-order chi connectivity index (χ1) is 8.22. The Morgan fingerprint density at radius 3 is 2.59 bits per heavy atom. The van der Waals surface area contributed by atoms with Crippen molar-refractivity contribution in [1.82, 2.24) is 25.1 Å². The molecular weight excluding hydrogens is 220 g/mol. The Hall–Kier alpha value is -2.31. The lowest BCUT2D eigenvalue weighted by Gasteiger charge is -2.02. The van der Waals surface area contributed by atoms with E-state index >= 15 is 0 Å². The lowest BCUT2D eigenvalue weighted by Crippen LogP contribution is -2.05. The molecule has 7 heteroatoms. The monoisotopic (exact) mass is 232 g/mol. The van der Waals surface area contributed by atoms with Gasteiger partial charge in [0.2, 0.25) is 11.8 Å². The number of methoxy groups -OCH3 is 1. The lowest BCUT2D eigenvalue weighted by atomic mass is 10.3. The second-order valence-electron chi connectivity index (χ2n) is 3.25. The van der Waals surface area contributed by atoms with Crippen LogP contribution in [-0.2, 0) is 6.42 Å². The fourth-order valence-electron chi connectivity index (χ4n) is 1.26. The summed E-state index contributed by atoms with van der Waals surface area (Å²) in [5, 5.41) is 7.80. The second kappa shape index (κ2) is 4.69. The van der Waals surface area contributed by atoms with Crippen molar-refractivity contribution in [3.05, 3.63) is 18.0 Å². The van der Waals surface area contributed by atoms with Crippen molar-refractivity contribution in [1.29, 1.82) is 0 Å². The maximum absolute atomic E-state index is 5.59. The zero-order valence-electron chi connectivity index (χ0n) is 9.58. The molecule has 0 spiro atoms. The first kappa shape index (κ1) is 11.2.